The normalized spacial score (nSPS) is 10.1. The van der Waals surface area contributed by atoms with Gasteiger partial charge >= 0.3 is 0 Å². The summed E-state index contributed by atoms with van der Waals surface area (Å²) in [6.45, 7) is 0. The number of thiocarbonyl (C=S) groups is 1. The zero-order valence-corrected chi connectivity index (χ0v) is 11.4. The van der Waals surface area contributed by atoms with Crippen LogP contribution in [0.15, 0.2) is 30.5 Å². The van der Waals surface area contributed by atoms with Crippen LogP contribution in [0.3, 0.4) is 0 Å². The first-order valence-corrected chi connectivity index (χ1v) is 6.03. The Hall–Kier alpha value is -2.48. The molecule has 20 heavy (non-hydrogen) atoms. The summed E-state index contributed by atoms with van der Waals surface area (Å²) in [6.07, 6.45) is 1.44. The number of hydrogen-bond donors (Lipinski definition) is 3. The predicted octanol–water partition coefficient (Wildman–Crippen LogP) is 1.47. The van der Waals surface area contributed by atoms with Crippen molar-refractivity contribution in [1.82, 2.24) is 9.78 Å². The Bertz CT molecular complexity index is 652. The molecule has 6 nitrogen and oxygen atoms in total. The smallest absolute Gasteiger partial charge is 0.269 e. The van der Waals surface area contributed by atoms with Gasteiger partial charge in [-0.05, 0) is 36.5 Å². The average Bonchev–Trinajstić information content (AvgIpc) is 2.73. The Morgan fingerprint density at radius 2 is 2.00 bits per heavy atom. The minimum atomic E-state index is -0.614. The number of halogens is 1. The second-order valence-corrected chi connectivity index (χ2v) is 4.39. The standard InChI is InChI=1S/C12H12FN5OS/c1-18-10(11(14)19)9(6-15-18)17-12(20)16-8-4-2-7(13)3-5-8/h2-6H,1H3,(H2,14,19)(H2,16,17,20). The first-order valence-electron chi connectivity index (χ1n) is 5.62. The van der Waals surface area contributed by atoms with Gasteiger partial charge in [-0.25, -0.2) is 4.39 Å². The zero-order chi connectivity index (χ0) is 14.7. The van der Waals surface area contributed by atoms with E-state index in [2.05, 4.69) is 15.7 Å². The van der Waals surface area contributed by atoms with Crippen molar-refractivity contribution >= 4 is 34.6 Å². The van der Waals surface area contributed by atoms with Crippen LogP contribution >= 0.6 is 12.2 Å². The molecule has 0 aliphatic rings. The van der Waals surface area contributed by atoms with Crippen LogP contribution in [-0.2, 0) is 7.05 Å². The third-order valence-electron chi connectivity index (χ3n) is 2.52. The summed E-state index contributed by atoms with van der Waals surface area (Å²) in [5.74, 6) is -0.949. The third kappa shape index (κ3) is 3.09. The summed E-state index contributed by atoms with van der Waals surface area (Å²) in [5, 5.41) is 9.84. The summed E-state index contributed by atoms with van der Waals surface area (Å²) >= 11 is 5.10. The average molecular weight is 293 g/mol. The van der Waals surface area contributed by atoms with Gasteiger partial charge in [0.25, 0.3) is 5.91 Å². The quantitative estimate of drug-likeness (QED) is 0.746. The Kier molecular flexibility index (Phi) is 3.94. The van der Waals surface area contributed by atoms with Gasteiger partial charge in [0.2, 0.25) is 0 Å². The van der Waals surface area contributed by atoms with Gasteiger partial charge in [0, 0.05) is 12.7 Å². The van der Waals surface area contributed by atoms with E-state index in [0.717, 1.165) is 0 Å². The molecule has 104 valence electrons. The number of hydrogen-bond acceptors (Lipinski definition) is 3. The molecule has 0 fully saturated rings. The first kappa shape index (κ1) is 13.9. The van der Waals surface area contributed by atoms with Crippen molar-refractivity contribution in [2.45, 2.75) is 0 Å². The number of anilines is 2. The molecule has 1 aromatic heterocycles. The summed E-state index contributed by atoms with van der Waals surface area (Å²) < 4.78 is 14.1. The minimum absolute atomic E-state index is 0.216. The summed E-state index contributed by atoms with van der Waals surface area (Å²) in [5.41, 5.74) is 6.50. The highest BCUT2D eigenvalue weighted by Crippen LogP contribution is 2.14. The molecule has 0 aliphatic heterocycles. The van der Waals surface area contributed by atoms with Crippen LogP contribution in [0.5, 0.6) is 0 Å². The third-order valence-corrected chi connectivity index (χ3v) is 2.73. The molecule has 0 bridgehead atoms. The molecule has 1 heterocycles. The van der Waals surface area contributed by atoms with Crippen molar-refractivity contribution in [1.29, 1.82) is 0 Å². The van der Waals surface area contributed by atoms with Crippen molar-refractivity contribution in [3.05, 3.63) is 42.0 Å². The molecule has 0 atom stereocenters. The number of nitrogens with one attached hydrogen (secondary N) is 2. The summed E-state index contributed by atoms with van der Waals surface area (Å²) in [6, 6.07) is 5.71. The first-order chi connectivity index (χ1) is 9.47. The van der Waals surface area contributed by atoms with Crippen molar-refractivity contribution in [2.24, 2.45) is 12.8 Å². The molecule has 1 amide bonds. The molecule has 0 unspecified atom stereocenters. The SMILES string of the molecule is Cn1ncc(NC(=S)Nc2ccc(F)cc2)c1C(N)=O. The van der Waals surface area contributed by atoms with E-state index in [4.69, 9.17) is 18.0 Å². The number of carbonyl (C=O) groups is 1. The van der Waals surface area contributed by atoms with Crippen LogP contribution in [0.1, 0.15) is 10.5 Å². The van der Waals surface area contributed by atoms with Crippen LogP contribution in [0.4, 0.5) is 15.8 Å². The molecule has 2 aromatic rings. The van der Waals surface area contributed by atoms with Crippen LogP contribution in [0.25, 0.3) is 0 Å². The number of amides is 1. The lowest BCUT2D eigenvalue weighted by molar-refractivity contribution is 0.0992. The Morgan fingerprint density at radius 3 is 2.60 bits per heavy atom. The fourth-order valence-corrected chi connectivity index (χ4v) is 1.87. The highest BCUT2D eigenvalue weighted by atomic mass is 32.1. The van der Waals surface area contributed by atoms with Crippen LogP contribution < -0.4 is 16.4 Å². The number of aromatic nitrogens is 2. The number of nitrogens with zero attached hydrogens (tertiary/aromatic N) is 2. The molecule has 0 radical (unpaired) electrons. The largest absolute Gasteiger partial charge is 0.364 e. The molecule has 0 spiro atoms. The zero-order valence-electron chi connectivity index (χ0n) is 10.6. The Morgan fingerprint density at radius 1 is 1.35 bits per heavy atom. The number of rotatable bonds is 3. The van der Waals surface area contributed by atoms with Crippen LogP contribution in [-0.4, -0.2) is 20.8 Å². The van der Waals surface area contributed by atoms with Gasteiger partial charge in [0.05, 0.1) is 11.9 Å². The number of nitrogens with two attached hydrogens (primary N) is 1. The molecule has 1 aromatic carbocycles. The van der Waals surface area contributed by atoms with Crippen LogP contribution in [0.2, 0.25) is 0 Å². The van der Waals surface area contributed by atoms with Gasteiger partial charge in [0.1, 0.15) is 11.5 Å². The maximum atomic E-state index is 12.8. The van der Waals surface area contributed by atoms with Gasteiger partial charge in [0.15, 0.2) is 5.11 Å². The number of carbonyl (C=O) groups excluding carboxylic acids is 1. The number of benzene rings is 1. The van der Waals surface area contributed by atoms with Gasteiger partial charge in [-0.15, -0.1) is 0 Å². The fourth-order valence-electron chi connectivity index (χ4n) is 1.64. The lowest BCUT2D eigenvalue weighted by Crippen LogP contribution is -2.23. The lowest BCUT2D eigenvalue weighted by Gasteiger charge is -2.10. The second-order valence-electron chi connectivity index (χ2n) is 3.98. The topological polar surface area (TPSA) is 85.0 Å². The van der Waals surface area contributed by atoms with Gasteiger partial charge in [-0.3, -0.25) is 9.48 Å². The molecule has 0 saturated heterocycles. The van der Waals surface area contributed by atoms with E-state index in [1.54, 1.807) is 19.2 Å². The summed E-state index contributed by atoms with van der Waals surface area (Å²) in [4.78, 5) is 11.3. The molecular formula is C12H12FN5OS. The number of aryl methyl sites for hydroxylation is 1. The Labute approximate surface area is 119 Å². The highest BCUT2D eigenvalue weighted by Gasteiger charge is 2.14. The molecule has 4 N–H and O–H groups in total. The van der Waals surface area contributed by atoms with Crippen molar-refractivity contribution < 1.29 is 9.18 Å². The molecule has 0 saturated carbocycles. The van der Waals surface area contributed by atoms with Crippen molar-refractivity contribution in [3.63, 3.8) is 0 Å². The maximum absolute atomic E-state index is 12.8. The lowest BCUT2D eigenvalue weighted by atomic mass is 10.3. The van der Waals surface area contributed by atoms with E-state index >= 15 is 0 Å². The minimum Gasteiger partial charge on any atom is -0.364 e. The monoisotopic (exact) mass is 293 g/mol. The van der Waals surface area contributed by atoms with Crippen LogP contribution in [0, 0.1) is 5.82 Å². The van der Waals surface area contributed by atoms with Gasteiger partial charge in [-0.2, -0.15) is 5.10 Å². The molecule has 0 aliphatic carbocycles. The highest BCUT2D eigenvalue weighted by molar-refractivity contribution is 7.80. The molecule has 2 rings (SSSR count). The van der Waals surface area contributed by atoms with E-state index in [1.807, 2.05) is 0 Å². The molecular weight excluding hydrogens is 281 g/mol. The van der Waals surface area contributed by atoms with Gasteiger partial charge < -0.3 is 16.4 Å². The Balaban J connectivity index is 2.09. The van der Waals surface area contributed by atoms with Gasteiger partial charge in [-0.1, -0.05) is 0 Å². The predicted molar refractivity (Wildman–Crippen MR) is 78.0 cm³/mol. The van der Waals surface area contributed by atoms with Crippen molar-refractivity contribution in [3.8, 4) is 0 Å². The summed E-state index contributed by atoms with van der Waals surface area (Å²) in [7, 11) is 1.60. The number of primary amides is 1. The van der Waals surface area contributed by atoms with E-state index in [0.29, 0.717) is 11.4 Å². The van der Waals surface area contributed by atoms with E-state index in [9.17, 15) is 9.18 Å². The molecule has 8 heteroatoms. The van der Waals surface area contributed by atoms with Crippen molar-refractivity contribution in [2.75, 3.05) is 10.6 Å². The fraction of sp³-hybridized carbons (Fsp3) is 0.0833. The van der Waals surface area contributed by atoms with E-state index in [-0.39, 0.29) is 16.6 Å². The second kappa shape index (κ2) is 5.66. The van der Waals surface area contributed by atoms with E-state index in [1.165, 1.54) is 23.0 Å². The maximum Gasteiger partial charge on any atom is 0.269 e. The van der Waals surface area contributed by atoms with E-state index < -0.39 is 5.91 Å².